The molecule has 5 nitrogen and oxygen atoms in total. The van der Waals surface area contributed by atoms with Gasteiger partial charge in [0.05, 0.1) is 24.2 Å². The van der Waals surface area contributed by atoms with Crippen LogP contribution in [0.15, 0.2) is 42.5 Å². The van der Waals surface area contributed by atoms with E-state index in [-0.39, 0.29) is 24.4 Å². The van der Waals surface area contributed by atoms with Gasteiger partial charge in [-0.3, -0.25) is 9.69 Å². The van der Waals surface area contributed by atoms with Gasteiger partial charge < -0.3 is 14.8 Å². The van der Waals surface area contributed by atoms with Gasteiger partial charge in [0, 0.05) is 48.9 Å². The summed E-state index contributed by atoms with van der Waals surface area (Å²) in [5, 5.41) is 3.47. The molecule has 4 rings (SSSR count). The average Bonchev–Trinajstić information content (AvgIpc) is 3.12. The molecule has 1 aliphatic rings. The number of carbonyl (C=O) groups excluding carboxylic acids is 1. The Balaban J connectivity index is 1.45. The van der Waals surface area contributed by atoms with Crippen molar-refractivity contribution in [3.05, 3.63) is 69.8 Å². The number of nitrogens with one attached hydrogen (secondary N) is 1. The zero-order valence-electron chi connectivity index (χ0n) is 17.8. The fraction of sp³-hybridized carbons (Fsp3) is 0.375. The van der Waals surface area contributed by atoms with Crippen LogP contribution < -0.4 is 5.32 Å². The predicted molar refractivity (Wildman–Crippen MR) is 121 cm³/mol. The molecular formula is C24H27FN2O3S. The van der Waals surface area contributed by atoms with Crippen LogP contribution in [-0.4, -0.2) is 43.7 Å². The maximum atomic E-state index is 14.4. The van der Waals surface area contributed by atoms with Gasteiger partial charge in [-0.2, -0.15) is 0 Å². The normalized spacial score (nSPS) is 17.2. The maximum Gasteiger partial charge on any atom is 0.262 e. The van der Waals surface area contributed by atoms with Crippen LogP contribution in [-0.2, 0) is 29.2 Å². The first-order chi connectivity index (χ1) is 15.0. The molecule has 2 heterocycles. The largest absolute Gasteiger partial charge is 0.380 e. The third-order valence-electron chi connectivity index (χ3n) is 5.43. The number of nitrogens with zero attached hydrogens (tertiary/aromatic N) is 1. The lowest BCUT2D eigenvalue weighted by Gasteiger charge is -2.31. The Morgan fingerprint density at radius 3 is 2.90 bits per heavy atom. The minimum absolute atomic E-state index is 0.192. The number of fused-ring (bicyclic) bond motifs is 1. The number of benzene rings is 2. The van der Waals surface area contributed by atoms with Crippen LogP contribution in [0.5, 0.6) is 0 Å². The zero-order valence-corrected chi connectivity index (χ0v) is 18.6. The molecule has 0 saturated carbocycles. The topological polar surface area (TPSA) is 50.8 Å². The molecule has 0 bridgehead atoms. The average molecular weight is 443 g/mol. The van der Waals surface area contributed by atoms with E-state index in [1.165, 1.54) is 23.0 Å². The molecule has 1 aliphatic heterocycles. The monoisotopic (exact) mass is 442 g/mol. The second kappa shape index (κ2) is 9.87. The molecule has 164 valence electrons. The number of hydrogen-bond acceptors (Lipinski definition) is 5. The van der Waals surface area contributed by atoms with Crippen molar-refractivity contribution in [2.24, 2.45) is 0 Å². The van der Waals surface area contributed by atoms with Gasteiger partial charge in [0.1, 0.15) is 5.82 Å². The molecule has 0 radical (unpaired) electrons. The van der Waals surface area contributed by atoms with Crippen molar-refractivity contribution >= 4 is 27.3 Å². The summed E-state index contributed by atoms with van der Waals surface area (Å²) >= 11 is 1.30. The van der Waals surface area contributed by atoms with Crippen molar-refractivity contribution in [2.45, 2.75) is 32.7 Å². The van der Waals surface area contributed by atoms with Gasteiger partial charge in [-0.25, -0.2) is 4.39 Å². The molecule has 1 atom stereocenters. The highest BCUT2D eigenvalue weighted by atomic mass is 32.1. The molecule has 1 fully saturated rings. The molecule has 1 saturated heterocycles. The fourth-order valence-corrected chi connectivity index (χ4v) is 5.16. The quantitative estimate of drug-likeness (QED) is 0.592. The van der Waals surface area contributed by atoms with Crippen LogP contribution >= 0.6 is 11.3 Å². The van der Waals surface area contributed by atoms with Gasteiger partial charge in [-0.1, -0.05) is 30.3 Å². The first-order valence-corrected chi connectivity index (χ1v) is 11.3. The number of ether oxygens (including phenoxy) is 2. The van der Waals surface area contributed by atoms with Crippen LogP contribution in [0, 0.1) is 5.82 Å². The lowest BCUT2D eigenvalue weighted by molar-refractivity contribution is -0.0212. The molecule has 1 unspecified atom stereocenters. The van der Waals surface area contributed by atoms with Crippen molar-refractivity contribution in [1.82, 2.24) is 10.2 Å². The van der Waals surface area contributed by atoms with E-state index < -0.39 is 0 Å². The minimum Gasteiger partial charge on any atom is -0.380 e. The van der Waals surface area contributed by atoms with E-state index in [1.807, 2.05) is 18.2 Å². The van der Waals surface area contributed by atoms with Crippen LogP contribution in [0.2, 0.25) is 0 Å². The third kappa shape index (κ3) is 5.13. The molecule has 1 aromatic heterocycles. The number of amides is 1. The summed E-state index contributed by atoms with van der Waals surface area (Å²) in [5.74, 6) is -0.537. The SMILES string of the molecule is COCc1c(C(=O)NCc2cccc(CN3CCOC(C)C3)c2)sc2cccc(F)c12. The molecule has 0 aliphatic carbocycles. The van der Waals surface area contributed by atoms with Crippen LogP contribution in [0.4, 0.5) is 4.39 Å². The number of hydrogen-bond donors (Lipinski definition) is 1. The first-order valence-electron chi connectivity index (χ1n) is 10.4. The molecule has 1 amide bonds. The Morgan fingerprint density at radius 2 is 2.10 bits per heavy atom. The van der Waals surface area contributed by atoms with E-state index in [4.69, 9.17) is 9.47 Å². The summed E-state index contributed by atoms with van der Waals surface area (Å²) in [5.41, 5.74) is 2.85. The van der Waals surface area contributed by atoms with Crippen LogP contribution in [0.1, 0.15) is 33.3 Å². The summed E-state index contributed by atoms with van der Waals surface area (Å²) in [6, 6.07) is 13.2. The Morgan fingerprint density at radius 1 is 1.29 bits per heavy atom. The van der Waals surface area contributed by atoms with E-state index in [0.29, 0.717) is 22.4 Å². The Kier molecular flexibility index (Phi) is 6.97. The Bertz CT molecular complexity index is 1070. The van der Waals surface area contributed by atoms with Gasteiger partial charge in [-0.05, 0) is 30.2 Å². The van der Waals surface area contributed by atoms with Gasteiger partial charge in [-0.15, -0.1) is 11.3 Å². The summed E-state index contributed by atoms with van der Waals surface area (Å²) in [6.07, 6.45) is 0.253. The summed E-state index contributed by atoms with van der Waals surface area (Å²) in [4.78, 5) is 15.8. The molecule has 1 N–H and O–H groups in total. The van der Waals surface area contributed by atoms with Gasteiger partial charge in [0.2, 0.25) is 0 Å². The van der Waals surface area contributed by atoms with E-state index in [2.05, 4.69) is 29.3 Å². The highest BCUT2D eigenvalue weighted by Crippen LogP contribution is 2.33. The molecule has 3 aromatic rings. The van der Waals surface area contributed by atoms with E-state index in [9.17, 15) is 9.18 Å². The number of thiophene rings is 1. The van der Waals surface area contributed by atoms with Crippen molar-refractivity contribution in [1.29, 1.82) is 0 Å². The molecule has 0 spiro atoms. The molecular weight excluding hydrogens is 415 g/mol. The summed E-state index contributed by atoms with van der Waals surface area (Å²) in [7, 11) is 1.55. The van der Waals surface area contributed by atoms with Crippen LogP contribution in [0.25, 0.3) is 10.1 Å². The maximum absolute atomic E-state index is 14.4. The van der Waals surface area contributed by atoms with E-state index in [1.54, 1.807) is 13.2 Å². The molecule has 31 heavy (non-hydrogen) atoms. The number of halogens is 1. The van der Waals surface area contributed by atoms with Crippen molar-refractivity contribution < 1.29 is 18.7 Å². The third-order valence-corrected chi connectivity index (χ3v) is 6.63. The standard InChI is InChI=1S/C24H27FN2O3S/c1-16-13-27(9-10-30-16)14-18-6-3-5-17(11-18)12-26-24(28)23-19(15-29-2)22-20(25)7-4-8-21(22)31-23/h3-8,11,16H,9-10,12-15H2,1-2H3,(H,26,28). The number of carbonyl (C=O) groups is 1. The fourth-order valence-electron chi connectivity index (χ4n) is 4.03. The summed E-state index contributed by atoms with van der Waals surface area (Å²) < 4.78 is 26.0. The second-order valence-electron chi connectivity index (χ2n) is 7.87. The minimum atomic E-state index is -0.329. The Hall–Kier alpha value is -2.32. The highest BCUT2D eigenvalue weighted by molar-refractivity contribution is 7.21. The summed E-state index contributed by atoms with van der Waals surface area (Å²) in [6.45, 7) is 6.17. The highest BCUT2D eigenvalue weighted by Gasteiger charge is 2.21. The lowest BCUT2D eigenvalue weighted by Crippen LogP contribution is -2.40. The van der Waals surface area contributed by atoms with Crippen molar-refractivity contribution in [2.75, 3.05) is 26.8 Å². The van der Waals surface area contributed by atoms with E-state index in [0.717, 1.165) is 36.5 Å². The number of morpholine rings is 1. The van der Waals surface area contributed by atoms with Gasteiger partial charge >= 0.3 is 0 Å². The van der Waals surface area contributed by atoms with Crippen molar-refractivity contribution in [3.8, 4) is 0 Å². The molecule has 7 heteroatoms. The predicted octanol–water partition coefficient (Wildman–Crippen LogP) is 4.34. The van der Waals surface area contributed by atoms with Crippen molar-refractivity contribution in [3.63, 3.8) is 0 Å². The zero-order chi connectivity index (χ0) is 21.8. The van der Waals surface area contributed by atoms with Gasteiger partial charge in [0.25, 0.3) is 5.91 Å². The number of methoxy groups -OCH3 is 1. The molecule has 2 aromatic carbocycles. The lowest BCUT2D eigenvalue weighted by atomic mass is 10.1. The van der Waals surface area contributed by atoms with Gasteiger partial charge in [0.15, 0.2) is 0 Å². The number of rotatable bonds is 7. The smallest absolute Gasteiger partial charge is 0.262 e. The Labute approximate surface area is 185 Å². The second-order valence-corrected chi connectivity index (χ2v) is 8.93. The van der Waals surface area contributed by atoms with E-state index >= 15 is 0 Å². The van der Waals surface area contributed by atoms with Crippen LogP contribution in [0.3, 0.4) is 0 Å². The first kappa shape index (κ1) is 21.9.